The highest BCUT2D eigenvalue weighted by Crippen LogP contribution is 2.31. The van der Waals surface area contributed by atoms with Gasteiger partial charge in [0.2, 0.25) is 0 Å². The van der Waals surface area contributed by atoms with Gasteiger partial charge in [-0.25, -0.2) is 0 Å². The van der Waals surface area contributed by atoms with E-state index in [-0.39, 0.29) is 30.6 Å². The Kier molecular flexibility index (Phi) is 13.3. The summed E-state index contributed by atoms with van der Waals surface area (Å²) >= 11 is 0. The molecule has 0 amide bonds. The number of benzene rings is 1. The maximum atomic E-state index is 12.3. The molecule has 2 aliphatic heterocycles. The molecule has 0 bridgehead atoms. The Hall–Kier alpha value is -3.62. The number of carbonyl (C=O) groups is 2. The van der Waals surface area contributed by atoms with Crippen molar-refractivity contribution in [2.24, 2.45) is 0 Å². The number of hydrogen-bond donors (Lipinski definition) is 0. The number of methoxy groups -OCH3 is 2. The van der Waals surface area contributed by atoms with Gasteiger partial charge >= 0.3 is 0 Å². The number of carbonyl (C=O) groups excluding carboxylic acids is 2. The Morgan fingerprint density at radius 2 is 1.60 bits per heavy atom. The summed E-state index contributed by atoms with van der Waals surface area (Å²) in [5.74, 6) is 1.59. The van der Waals surface area contributed by atoms with Crippen molar-refractivity contribution >= 4 is 17.6 Å². The van der Waals surface area contributed by atoms with Crippen LogP contribution in [0.2, 0.25) is 0 Å². The maximum absolute atomic E-state index is 12.3. The first-order valence-corrected chi connectivity index (χ1v) is 13.7. The van der Waals surface area contributed by atoms with Crippen molar-refractivity contribution in [2.75, 3.05) is 27.4 Å². The standard InChI is InChI=1S/C32H40O8/c1-4-27(35-2)28(39-31-14-8-10-20-37-31)13-7-5-6-12-25(33)23-26(34)18-16-24-17-19-29(30(22-24)36-3)40-32-15-9-11-21-38-32/h4,6-7,12-13,16-19,22,31-32H,1,5,8-11,14-15,20-21,23H2,2-3H3/b12-6+,13-7-,18-16+,28-27-. The van der Waals surface area contributed by atoms with Crippen molar-refractivity contribution in [1.82, 2.24) is 0 Å². The van der Waals surface area contributed by atoms with Crippen LogP contribution in [-0.2, 0) is 28.5 Å². The van der Waals surface area contributed by atoms with Crippen molar-refractivity contribution in [3.8, 4) is 11.5 Å². The minimum atomic E-state index is -0.321. The minimum Gasteiger partial charge on any atom is -0.493 e. The normalized spacial score (nSPS) is 20.4. The van der Waals surface area contributed by atoms with E-state index >= 15 is 0 Å². The van der Waals surface area contributed by atoms with Crippen LogP contribution in [0.15, 0.2) is 72.8 Å². The second-order valence-corrected chi connectivity index (χ2v) is 9.36. The summed E-state index contributed by atoms with van der Waals surface area (Å²) in [7, 11) is 3.11. The van der Waals surface area contributed by atoms with E-state index in [1.54, 1.807) is 50.7 Å². The third-order valence-electron chi connectivity index (χ3n) is 6.28. The molecular weight excluding hydrogens is 512 g/mol. The van der Waals surface area contributed by atoms with E-state index in [0.717, 1.165) is 44.1 Å². The monoisotopic (exact) mass is 552 g/mol. The second-order valence-electron chi connectivity index (χ2n) is 9.36. The van der Waals surface area contributed by atoms with Crippen LogP contribution in [0.5, 0.6) is 11.5 Å². The smallest absolute Gasteiger partial charge is 0.200 e. The summed E-state index contributed by atoms with van der Waals surface area (Å²) in [5, 5.41) is 0. The molecule has 0 N–H and O–H groups in total. The summed E-state index contributed by atoms with van der Waals surface area (Å²) in [6, 6.07) is 5.40. The molecule has 2 fully saturated rings. The molecule has 8 nitrogen and oxygen atoms in total. The molecule has 2 atom stereocenters. The molecule has 2 saturated heterocycles. The van der Waals surface area contributed by atoms with Gasteiger partial charge in [-0.15, -0.1) is 0 Å². The van der Waals surface area contributed by atoms with Gasteiger partial charge in [0.25, 0.3) is 0 Å². The topological polar surface area (TPSA) is 89.5 Å². The molecule has 3 rings (SSSR count). The first-order chi connectivity index (χ1) is 19.5. The third kappa shape index (κ3) is 10.5. The zero-order valence-electron chi connectivity index (χ0n) is 23.5. The lowest BCUT2D eigenvalue weighted by molar-refractivity contribution is -0.137. The predicted octanol–water partition coefficient (Wildman–Crippen LogP) is 6.23. The highest BCUT2D eigenvalue weighted by atomic mass is 16.7. The Balaban J connectivity index is 1.47. The van der Waals surface area contributed by atoms with Crippen molar-refractivity contribution in [2.45, 2.75) is 63.9 Å². The molecule has 1 aromatic rings. The molecule has 1 aromatic carbocycles. The Morgan fingerprint density at radius 3 is 2.25 bits per heavy atom. The molecular formula is C32H40O8. The maximum Gasteiger partial charge on any atom is 0.200 e. The average Bonchev–Trinajstić information content (AvgIpc) is 2.98. The Morgan fingerprint density at radius 1 is 0.900 bits per heavy atom. The van der Waals surface area contributed by atoms with Crippen LogP contribution in [0.3, 0.4) is 0 Å². The van der Waals surface area contributed by atoms with Crippen LogP contribution >= 0.6 is 0 Å². The van der Waals surface area contributed by atoms with Gasteiger partial charge in [-0.3, -0.25) is 9.59 Å². The number of allylic oxidation sites excluding steroid dienone is 6. The fourth-order valence-corrected chi connectivity index (χ4v) is 4.17. The summed E-state index contributed by atoms with van der Waals surface area (Å²) in [4.78, 5) is 24.6. The number of ether oxygens (including phenoxy) is 6. The zero-order chi connectivity index (χ0) is 28.6. The van der Waals surface area contributed by atoms with Crippen LogP contribution in [-0.4, -0.2) is 51.6 Å². The highest BCUT2D eigenvalue weighted by molar-refractivity contribution is 6.09. The van der Waals surface area contributed by atoms with Crippen LogP contribution in [0.25, 0.3) is 6.08 Å². The summed E-state index contributed by atoms with van der Waals surface area (Å²) < 4.78 is 33.9. The lowest BCUT2D eigenvalue weighted by atomic mass is 10.1. The van der Waals surface area contributed by atoms with E-state index in [0.29, 0.717) is 42.7 Å². The molecule has 40 heavy (non-hydrogen) atoms. The van der Waals surface area contributed by atoms with E-state index in [2.05, 4.69) is 6.58 Å². The fourth-order valence-electron chi connectivity index (χ4n) is 4.17. The quantitative estimate of drug-likeness (QED) is 0.109. The Bertz CT molecular complexity index is 1100. The Labute approximate surface area is 236 Å². The molecule has 0 radical (unpaired) electrons. The van der Waals surface area contributed by atoms with Gasteiger partial charge in [0.1, 0.15) is 0 Å². The van der Waals surface area contributed by atoms with Gasteiger partial charge in [-0.1, -0.05) is 30.9 Å². The molecule has 216 valence electrons. The highest BCUT2D eigenvalue weighted by Gasteiger charge is 2.18. The van der Waals surface area contributed by atoms with E-state index in [1.807, 2.05) is 12.1 Å². The summed E-state index contributed by atoms with van der Waals surface area (Å²) in [5.41, 5.74) is 0.759. The van der Waals surface area contributed by atoms with Crippen molar-refractivity contribution in [3.05, 3.63) is 78.3 Å². The molecule has 0 saturated carbocycles. The molecule has 0 spiro atoms. The van der Waals surface area contributed by atoms with Crippen LogP contribution in [0.1, 0.15) is 56.9 Å². The van der Waals surface area contributed by atoms with E-state index in [9.17, 15) is 9.59 Å². The number of rotatable bonds is 15. The fraction of sp³-hybridized carbons (Fsp3) is 0.438. The molecule has 2 heterocycles. The van der Waals surface area contributed by atoms with E-state index in [1.165, 1.54) is 12.2 Å². The third-order valence-corrected chi connectivity index (χ3v) is 6.28. The summed E-state index contributed by atoms with van der Waals surface area (Å²) in [6.45, 7) is 5.12. The predicted molar refractivity (Wildman–Crippen MR) is 153 cm³/mol. The lowest BCUT2D eigenvalue weighted by Gasteiger charge is -2.24. The first kappa shape index (κ1) is 30.9. The van der Waals surface area contributed by atoms with Crippen LogP contribution < -0.4 is 9.47 Å². The van der Waals surface area contributed by atoms with E-state index < -0.39 is 0 Å². The molecule has 0 aromatic heterocycles. The van der Waals surface area contributed by atoms with Gasteiger partial charge in [-0.2, -0.15) is 0 Å². The van der Waals surface area contributed by atoms with Gasteiger partial charge in [-0.05, 0) is 74.1 Å². The molecule has 0 aliphatic carbocycles. The first-order valence-electron chi connectivity index (χ1n) is 13.7. The molecule has 2 unspecified atom stereocenters. The second kappa shape index (κ2) is 17.2. The molecule has 8 heteroatoms. The number of ketones is 2. The van der Waals surface area contributed by atoms with Crippen molar-refractivity contribution < 1.29 is 38.0 Å². The van der Waals surface area contributed by atoms with Crippen molar-refractivity contribution in [3.63, 3.8) is 0 Å². The largest absolute Gasteiger partial charge is 0.493 e. The van der Waals surface area contributed by atoms with Crippen LogP contribution in [0.4, 0.5) is 0 Å². The van der Waals surface area contributed by atoms with Crippen molar-refractivity contribution in [1.29, 1.82) is 0 Å². The SMILES string of the molecule is C=C/C(OC)=C(\C=C/C/C=C/C(=O)CC(=O)/C=C/c1ccc(OC2CCCCO2)c(OC)c1)OC1CCCCO1. The van der Waals surface area contributed by atoms with Gasteiger partial charge in [0.05, 0.1) is 33.9 Å². The van der Waals surface area contributed by atoms with Gasteiger partial charge < -0.3 is 28.4 Å². The van der Waals surface area contributed by atoms with E-state index in [4.69, 9.17) is 28.4 Å². The number of hydrogen-bond acceptors (Lipinski definition) is 8. The molecule has 2 aliphatic rings. The minimum absolute atomic E-state index is 0.217. The zero-order valence-corrected chi connectivity index (χ0v) is 23.5. The average molecular weight is 553 g/mol. The lowest BCUT2D eigenvalue weighted by Crippen LogP contribution is -2.25. The van der Waals surface area contributed by atoms with Crippen LogP contribution in [0, 0.1) is 0 Å². The van der Waals surface area contributed by atoms with Gasteiger partial charge in [0.15, 0.2) is 47.2 Å². The van der Waals surface area contributed by atoms with Gasteiger partial charge in [0, 0.05) is 12.8 Å². The summed E-state index contributed by atoms with van der Waals surface area (Å²) in [6.07, 6.45) is 16.8.